The summed E-state index contributed by atoms with van der Waals surface area (Å²) in [7, 11) is 0. The first kappa shape index (κ1) is 14.4. The Bertz CT molecular complexity index is 508. The van der Waals surface area contributed by atoms with Gasteiger partial charge in [-0.1, -0.05) is 18.2 Å². The zero-order valence-electron chi connectivity index (χ0n) is 11.4. The Kier molecular flexibility index (Phi) is 5.48. The summed E-state index contributed by atoms with van der Waals surface area (Å²) >= 11 is 0. The molecule has 0 N–H and O–H groups in total. The van der Waals surface area contributed by atoms with Crippen molar-refractivity contribution in [2.45, 2.75) is 6.42 Å². The van der Waals surface area contributed by atoms with Crippen molar-refractivity contribution < 1.29 is 9.53 Å². The lowest BCUT2D eigenvalue weighted by atomic mass is 10.1. The molecule has 1 aliphatic rings. The number of nitrogens with zero attached hydrogens (tertiary/aromatic N) is 2. The van der Waals surface area contributed by atoms with Gasteiger partial charge in [0.05, 0.1) is 24.8 Å². The first-order valence-electron chi connectivity index (χ1n) is 6.79. The Labute approximate surface area is 119 Å². The van der Waals surface area contributed by atoms with Gasteiger partial charge < -0.3 is 4.74 Å². The van der Waals surface area contributed by atoms with Crippen molar-refractivity contribution in [3.63, 3.8) is 0 Å². The van der Waals surface area contributed by atoms with Crippen molar-refractivity contribution in [3.8, 4) is 6.07 Å². The maximum atomic E-state index is 11.8. The average molecular weight is 270 g/mol. The SMILES string of the molecule is N#Cc1ccc(/C=C/C(=O)CCN2CCOCC2)cc1. The molecule has 4 nitrogen and oxygen atoms in total. The molecule has 0 aliphatic carbocycles. The third-order valence-electron chi connectivity index (χ3n) is 3.28. The van der Waals surface area contributed by atoms with Crippen molar-refractivity contribution in [1.29, 1.82) is 5.26 Å². The zero-order valence-corrected chi connectivity index (χ0v) is 11.4. The van der Waals surface area contributed by atoms with E-state index in [-0.39, 0.29) is 5.78 Å². The van der Waals surface area contributed by atoms with Crippen LogP contribution >= 0.6 is 0 Å². The van der Waals surface area contributed by atoms with Crippen LogP contribution in [0.15, 0.2) is 30.3 Å². The lowest BCUT2D eigenvalue weighted by Crippen LogP contribution is -2.37. The standard InChI is InChI=1S/C16H18N2O2/c17-13-15-3-1-14(2-4-15)5-6-16(19)7-8-18-9-11-20-12-10-18/h1-6H,7-12H2/b6-5+. The fraction of sp³-hybridized carbons (Fsp3) is 0.375. The summed E-state index contributed by atoms with van der Waals surface area (Å²) in [5.41, 5.74) is 1.56. The van der Waals surface area contributed by atoms with E-state index in [9.17, 15) is 4.79 Å². The predicted octanol–water partition coefficient (Wildman–Crippen LogP) is 1.86. The number of ketones is 1. The van der Waals surface area contributed by atoms with Crippen LogP contribution in [0.5, 0.6) is 0 Å². The van der Waals surface area contributed by atoms with Gasteiger partial charge in [0.2, 0.25) is 0 Å². The fourth-order valence-electron chi connectivity index (χ4n) is 2.03. The molecule has 0 unspecified atom stereocenters. The molecule has 1 saturated heterocycles. The largest absolute Gasteiger partial charge is 0.379 e. The highest BCUT2D eigenvalue weighted by molar-refractivity contribution is 5.93. The maximum absolute atomic E-state index is 11.8. The summed E-state index contributed by atoms with van der Waals surface area (Å²) in [6.45, 7) is 4.13. The van der Waals surface area contributed by atoms with E-state index in [2.05, 4.69) is 11.0 Å². The van der Waals surface area contributed by atoms with Crippen LogP contribution in [-0.4, -0.2) is 43.5 Å². The Hall–Kier alpha value is -1.96. The summed E-state index contributed by atoms with van der Waals surface area (Å²) in [4.78, 5) is 14.0. The molecule has 0 bridgehead atoms. The molecule has 1 fully saturated rings. The minimum absolute atomic E-state index is 0.126. The van der Waals surface area contributed by atoms with Crippen LogP contribution in [0, 0.1) is 11.3 Å². The average Bonchev–Trinajstić information content (AvgIpc) is 2.52. The third kappa shape index (κ3) is 4.61. The van der Waals surface area contributed by atoms with Gasteiger partial charge >= 0.3 is 0 Å². The monoisotopic (exact) mass is 270 g/mol. The van der Waals surface area contributed by atoms with Gasteiger partial charge in [0, 0.05) is 26.1 Å². The molecule has 0 radical (unpaired) electrons. The van der Waals surface area contributed by atoms with Gasteiger partial charge in [-0.2, -0.15) is 5.26 Å². The van der Waals surface area contributed by atoms with Gasteiger partial charge in [0.1, 0.15) is 0 Å². The van der Waals surface area contributed by atoms with Crippen LogP contribution in [0.2, 0.25) is 0 Å². The van der Waals surface area contributed by atoms with Crippen LogP contribution in [0.25, 0.3) is 6.08 Å². The number of nitriles is 1. The number of morpholine rings is 1. The minimum Gasteiger partial charge on any atom is -0.379 e. The van der Waals surface area contributed by atoms with Gasteiger partial charge in [-0.25, -0.2) is 0 Å². The highest BCUT2D eigenvalue weighted by Gasteiger charge is 2.10. The van der Waals surface area contributed by atoms with Crippen molar-refractivity contribution >= 4 is 11.9 Å². The summed E-state index contributed by atoms with van der Waals surface area (Å²) in [6.07, 6.45) is 3.94. The third-order valence-corrected chi connectivity index (χ3v) is 3.28. The van der Waals surface area contributed by atoms with Crippen LogP contribution in [-0.2, 0) is 9.53 Å². The fourth-order valence-corrected chi connectivity index (χ4v) is 2.03. The number of allylic oxidation sites excluding steroid dienone is 1. The first-order valence-corrected chi connectivity index (χ1v) is 6.79. The van der Waals surface area contributed by atoms with E-state index in [4.69, 9.17) is 10.00 Å². The number of hydrogen-bond acceptors (Lipinski definition) is 4. The number of ether oxygens (including phenoxy) is 1. The second-order valence-corrected chi connectivity index (χ2v) is 4.74. The zero-order chi connectivity index (χ0) is 14.2. The number of carbonyl (C=O) groups excluding carboxylic acids is 1. The maximum Gasteiger partial charge on any atom is 0.156 e. The van der Waals surface area contributed by atoms with Crippen LogP contribution in [0.4, 0.5) is 0 Å². The molecule has 104 valence electrons. The van der Waals surface area contributed by atoms with E-state index in [0.717, 1.165) is 38.4 Å². The first-order chi connectivity index (χ1) is 9.78. The van der Waals surface area contributed by atoms with Gasteiger partial charge in [-0.15, -0.1) is 0 Å². The van der Waals surface area contributed by atoms with Gasteiger partial charge in [0.15, 0.2) is 5.78 Å². The number of rotatable bonds is 5. The van der Waals surface area contributed by atoms with Crippen molar-refractivity contribution in [2.75, 3.05) is 32.8 Å². The molecule has 1 aromatic carbocycles. The second-order valence-electron chi connectivity index (χ2n) is 4.74. The molecule has 0 aromatic heterocycles. The summed E-state index contributed by atoms with van der Waals surface area (Å²) in [5, 5.41) is 8.70. The van der Waals surface area contributed by atoms with Crippen molar-refractivity contribution in [1.82, 2.24) is 4.90 Å². The molecule has 0 amide bonds. The Morgan fingerprint density at radius 2 is 2.00 bits per heavy atom. The topological polar surface area (TPSA) is 53.3 Å². The number of benzene rings is 1. The molecule has 0 atom stereocenters. The predicted molar refractivity (Wildman–Crippen MR) is 77.1 cm³/mol. The second kappa shape index (κ2) is 7.59. The van der Waals surface area contributed by atoms with E-state index >= 15 is 0 Å². The molecule has 1 aromatic rings. The lowest BCUT2D eigenvalue weighted by molar-refractivity contribution is -0.115. The molecule has 1 heterocycles. The summed E-state index contributed by atoms with van der Waals surface area (Å²) in [6, 6.07) is 9.24. The van der Waals surface area contributed by atoms with Crippen LogP contribution in [0.1, 0.15) is 17.5 Å². The molecule has 4 heteroatoms. The Morgan fingerprint density at radius 3 is 2.65 bits per heavy atom. The molecule has 1 aliphatic heterocycles. The van der Waals surface area contributed by atoms with Crippen molar-refractivity contribution in [3.05, 3.63) is 41.5 Å². The van der Waals surface area contributed by atoms with Gasteiger partial charge in [0.25, 0.3) is 0 Å². The molecular formula is C16H18N2O2. The van der Waals surface area contributed by atoms with E-state index in [1.807, 2.05) is 12.1 Å². The molecule has 2 rings (SSSR count). The van der Waals surface area contributed by atoms with E-state index < -0.39 is 0 Å². The van der Waals surface area contributed by atoms with E-state index in [0.29, 0.717) is 12.0 Å². The normalized spacial score (nSPS) is 16.1. The molecule has 20 heavy (non-hydrogen) atoms. The molecule has 0 saturated carbocycles. The molecule has 0 spiro atoms. The number of hydrogen-bond donors (Lipinski definition) is 0. The Balaban J connectivity index is 1.78. The summed E-state index contributed by atoms with van der Waals surface area (Å²) in [5.74, 6) is 0.126. The molecular weight excluding hydrogens is 252 g/mol. The highest BCUT2D eigenvalue weighted by Crippen LogP contribution is 2.06. The minimum atomic E-state index is 0.126. The van der Waals surface area contributed by atoms with Gasteiger partial charge in [-0.05, 0) is 23.8 Å². The van der Waals surface area contributed by atoms with Crippen LogP contribution < -0.4 is 0 Å². The van der Waals surface area contributed by atoms with Crippen molar-refractivity contribution in [2.24, 2.45) is 0 Å². The van der Waals surface area contributed by atoms with E-state index in [1.54, 1.807) is 24.3 Å². The lowest BCUT2D eigenvalue weighted by Gasteiger charge is -2.25. The van der Waals surface area contributed by atoms with Gasteiger partial charge in [-0.3, -0.25) is 9.69 Å². The van der Waals surface area contributed by atoms with Crippen LogP contribution in [0.3, 0.4) is 0 Å². The number of carbonyl (C=O) groups is 1. The highest BCUT2D eigenvalue weighted by atomic mass is 16.5. The quantitative estimate of drug-likeness (QED) is 0.766. The Morgan fingerprint density at radius 1 is 1.30 bits per heavy atom. The summed E-state index contributed by atoms with van der Waals surface area (Å²) < 4.78 is 5.27. The smallest absolute Gasteiger partial charge is 0.156 e. The van der Waals surface area contributed by atoms with E-state index in [1.165, 1.54) is 0 Å².